The molecule has 5 atom stereocenters. The fourth-order valence-corrected chi connectivity index (χ4v) is 5.24. The number of rotatable bonds is 9. The van der Waals surface area contributed by atoms with Crippen molar-refractivity contribution in [3.8, 4) is 5.75 Å². The van der Waals surface area contributed by atoms with E-state index in [-0.39, 0.29) is 24.6 Å². The monoisotopic (exact) mass is 534 g/mol. The van der Waals surface area contributed by atoms with Gasteiger partial charge in [-0.15, -0.1) is 0 Å². The number of aromatic nitrogens is 4. The van der Waals surface area contributed by atoms with Crippen molar-refractivity contribution in [2.24, 2.45) is 0 Å². The molecule has 0 bridgehead atoms. The molecule has 0 unspecified atom stereocenters. The number of nitrogens with one attached hydrogen (secondary N) is 1. The summed E-state index contributed by atoms with van der Waals surface area (Å²) < 4.78 is 38.0. The van der Waals surface area contributed by atoms with Gasteiger partial charge in [-0.25, -0.2) is 19.5 Å². The topological polar surface area (TPSA) is 173 Å². The molecule has 13 nitrogen and oxygen atoms in total. The minimum atomic E-state index is -4.08. The van der Waals surface area contributed by atoms with Crippen LogP contribution in [0.3, 0.4) is 0 Å². The first-order valence-electron chi connectivity index (χ1n) is 11.7. The first kappa shape index (κ1) is 27.0. The maximum absolute atomic E-state index is 13.7. The number of para-hydroxylation sites is 1. The van der Waals surface area contributed by atoms with Gasteiger partial charge in [0.1, 0.15) is 35.3 Å². The number of ether oxygens (including phenoxy) is 2. The number of hydrogen-bond donors (Lipinski definition) is 3. The van der Waals surface area contributed by atoms with Crippen molar-refractivity contribution < 1.29 is 33.0 Å². The van der Waals surface area contributed by atoms with Crippen LogP contribution in [0.5, 0.6) is 5.75 Å². The predicted octanol–water partition coefficient (Wildman–Crippen LogP) is 2.58. The SMILES string of the molecule is C[C@H](N[P@](=O)(OC[C@@H]1C[C@@H](O)[C@H](n2cnc3c(N)ncnc32)O1)Oc1ccccc1)C(=O)OC(C)(C)C. The van der Waals surface area contributed by atoms with E-state index in [0.717, 1.165) is 0 Å². The van der Waals surface area contributed by atoms with E-state index >= 15 is 0 Å². The van der Waals surface area contributed by atoms with Crippen LogP contribution < -0.4 is 15.3 Å². The van der Waals surface area contributed by atoms with Gasteiger partial charge in [0.05, 0.1) is 19.0 Å². The quantitative estimate of drug-likeness (QED) is 0.271. The Labute approximate surface area is 213 Å². The van der Waals surface area contributed by atoms with E-state index in [2.05, 4.69) is 20.0 Å². The van der Waals surface area contributed by atoms with Crippen LogP contribution in [0, 0.1) is 0 Å². The van der Waals surface area contributed by atoms with E-state index in [4.69, 9.17) is 24.3 Å². The normalized spacial score (nSPS) is 22.5. The minimum Gasteiger partial charge on any atom is -0.459 e. The van der Waals surface area contributed by atoms with Crippen LogP contribution in [0.25, 0.3) is 11.2 Å². The molecule has 2 aromatic heterocycles. The Kier molecular flexibility index (Phi) is 7.81. The molecule has 4 rings (SSSR count). The summed E-state index contributed by atoms with van der Waals surface area (Å²) in [6.07, 6.45) is 0.536. The number of carbonyl (C=O) groups is 1. The number of anilines is 1. The average molecular weight is 535 g/mol. The fraction of sp³-hybridized carbons (Fsp3) is 0.478. The molecule has 1 aromatic carbocycles. The van der Waals surface area contributed by atoms with Gasteiger partial charge in [0.25, 0.3) is 0 Å². The summed E-state index contributed by atoms with van der Waals surface area (Å²) in [5.74, 6) is -0.128. The molecule has 3 heterocycles. The highest BCUT2D eigenvalue weighted by Crippen LogP contribution is 2.46. The van der Waals surface area contributed by atoms with Crippen molar-refractivity contribution in [1.82, 2.24) is 24.6 Å². The Morgan fingerprint density at radius 2 is 2.03 bits per heavy atom. The summed E-state index contributed by atoms with van der Waals surface area (Å²) in [6, 6.07) is 7.42. The number of benzene rings is 1. The van der Waals surface area contributed by atoms with Crippen molar-refractivity contribution in [3.05, 3.63) is 43.0 Å². The Hall–Kier alpha value is -3.09. The summed E-state index contributed by atoms with van der Waals surface area (Å²) in [5.41, 5.74) is 5.92. The molecule has 1 aliphatic heterocycles. The van der Waals surface area contributed by atoms with E-state index < -0.39 is 43.8 Å². The molecule has 0 amide bonds. The zero-order chi connectivity index (χ0) is 26.8. The van der Waals surface area contributed by atoms with Gasteiger partial charge >= 0.3 is 13.7 Å². The maximum atomic E-state index is 13.7. The van der Waals surface area contributed by atoms with E-state index in [1.54, 1.807) is 55.7 Å². The van der Waals surface area contributed by atoms with Gasteiger partial charge in [-0.05, 0) is 39.8 Å². The van der Waals surface area contributed by atoms with Crippen molar-refractivity contribution in [1.29, 1.82) is 0 Å². The second-order valence-electron chi connectivity index (χ2n) is 9.62. The van der Waals surface area contributed by atoms with Gasteiger partial charge in [-0.2, -0.15) is 5.09 Å². The first-order chi connectivity index (χ1) is 17.4. The summed E-state index contributed by atoms with van der Waals surface area (Å²) in [7, 11) is -4.08. The third kappa shape index (κ3) is 6.62. The van der Waals surface area contributed by atoms with Gasteiger partial charge in [0, 0.05) is 6.42 Å². The lowest BCUT2D eigenvalue weighted by molar-refractivity contribution is -0.156. The molecule has 4 N–H and O–H groups in total. The van der Waals surface area contributed by atoms with E-state index in [1.807, 2.05) is 0 Å². The van der Waals surface area contributed by atoms with Crippen molar-refractivity contribution in [2.75, 3.05) is 12.3 Å². The number of aliphatic hydroxyl groups is 1. The number of carbonyl (C=O) groups excluding carboxylic acids is 1. The van der Waals surface area contributed by atoms with Gasteiger partial charge in [-0.3, -0.25) is 13.9 Å². The molecule has 0 saturated carbocycles. The summed E-state index contributed by atoms with van der Waals surface area (Å²) >= 11 is 0. The molecule has 0 radical (unpaired) electrons. The van der Waals surface area contributed by atoms with Crippen LogP contribution >= 0.6 is 7.75 Å². The minimum absolute atomic E-state index is 0.178. The van der Waals surface area contributed by atoms with Crippen molar-refractivity contribution >= 4 is 30.7 Å². The number of hydrogen-bond acceptors (Lipinski definition) is 11. The zero-order valence-corrected chi connectivity index (χ0v) is 21.9. The Bertz CT molecular complexity index is 1280. The Morgan fingerprint density at radius 3 is 2.73 bits per heavy atom. The van der Waals surface area contributed by atoms with Crippen LogP contribution in [-0.4, -0.2) is 61.1 Å². The van der Waals surface area contributed by atoms with Crippen LogP contribution in [0.1, 0.15) is 40.3 Å². The number of esters is 1. The highest BCUT2D eigenvalue weighted by atomic mass is 31.2. The second-order valence-corrected chi connectivity index (χ2v) is 11.3. The molecule has 14 heteroatoms. The van der Waals surface area contributed by atoms with Crippen LogP contribution in [0.15, 0.2) is 43.0 Å². The van der Waals surface area contributed by atoms with Crippen LogP contribution in [-0.2, 0) is 23.4 Å². The largest absolute Gasteiger partial charge is 0.459 e. The van der Waals surface area contributed by atoms with Crippen molar-refractivity contribution in [3.63, 3.8) is 0 Å². The van der Waals surface area contributed by atoms with Gasteiger partial charge in [0.15, 0.2) is 17.7 Å². The highest BCUT2D eigenvalue weighted by molar-refractivity contribution is 7.52. The van der Waals surface area contributed by atoms with Gasteiger partial charge in [0.2, 0.25) is 0 Å². The molecule has 3 aromatic rings. The number of imidazole rings is 1. The molecule has 1 fully saturated rings. The molecule has 0 aliphatic carbocycles. The number of fused-ring (bicyclic) bond motifs is 1. The summed E-state index contributed by atoms with van der Waals surface area (Å²) in [5, 5.41) is 13.3. The maximum Gasteiger partial charge on any atom is 0.459 e. The van der Waals surface area contributed by atoms with Crippen LogP contribution in [0.2, 0.25) is 0 Å². The molecule has 0 spiro atoms. The standard InChI is InChI=1S/C23H31N6O7P/c1-14(22(31)35-23(2,3)4)28-37(32,36-15-8-6-5-7-9-15)33-11-16-10-17(30)21(34-16)29-13-27-18-19(24)25-12-26-20(18)29/h5-9,12-14,16-17,21,30H,10-11H2,1-4H3,(H,28,32)(H2,24,25,26)/t14-,16-,17+,21+,37-/m0/s1. The van der Waals surface area contributed by atoms with Crippen molar-refractivity contribution in [2.45, 2.75) is 64.2 Å². The summed E-state index contributed by atoms with van der Waals surface area (Å²) in [6.45, 7) is 6.50. The summed E-state index contributed by atoms with van der Waals surface area (Å²) in [4.78, 5) is 24.8. The van der Waals surface area contributed by atoms with Gasteiger partial charge in [-0.1, -0.05) is 18.2 Å². The molecule has 1 saturated heterocycles. The highest BCUT2D eigenvalue weighted by Gasteiger charge is 2.40. The number of aliphatic hydroxyl groups excluding tert-OH is 1. The molecule has 37 heavy (non-hydrogen) atoms. The molecular formula is C23H31N6O7P. The lowest BCUT2D eigenvalue weighted by Gasteiger charge is -2.26. The first-order valence-corrected chi connectivity index (χ1v) is 13.2. The Morgan fingerprint density at radius 1 is 1.30 bits per heavy atom. The van der Waals surface area contributed by atoms with Crippen LogP contribution in [0.4, 0.5) is 5.82 Å². The second kappa shape index (κ2) is 10.7. The lowest BCUT2D eigenvalue weighted by atomic mass is 10.2. The third-order valence-corrected chi connectivity index (χ3v) is 6.98. The lowest BCUT2D eigenvalue weighted by Crippen LogP contribution is -2.39. The molecule has 1 aliphatic rings. The number of nitrogens with zero attached hydrogens (tertiary/aromatic N) is 4. The molecule has 200 valence electrons. The zero-order valence-electron chi connectivity index (χ0n) is 21.0. The van der Waals surface area contributed by atoms with E-state index in [0.29, 0.717) is 11.2 Å². The predicted molar refractivity (Wildman–Crippen MR) is 133 cm³/mol. The number of nitrogens with two attached hydrogens (primary N) is 1. The number of nitrogen functional groups attached to an aromatic ring is 1. The third-order valence-electron chi connectivity index (χ3n) is 5.34. The van der Waals surface area contributed by atoms with Gasteiger partial charge < -0.3 is 24.8 Å². The fourth-order valence-electron chi connectivity index (χ4n) is 3.72. The smallest absolute Gasteiger partial charge is 0.459 e. The van der Waals surface area contributed by atoms with E-state index in [1.165, 1.54) is 19.6 Å². The Balaban J connectivity index is 1.46. The molecular weight excluding hydrogens is 503 g/mol. The average Bonchev–Trinajstić information content (AvgIpc) is 3.41. The van der Waals surface area contributed by atoms with E-state index in [9.17, 15) is 14.5 Å².